The molecule has 0 spiro atoms. The summed E-state index contributed by atoms with van der Waals surface area (Å²) in [5.74, 6) is 0.280. The summed E-state index contributed by atoms with van der Waals surface area (Å²) in [5, 5.41) is 9.62. The number of aromatic amines is 1. The first-order valence-corrected chi connectivity index (χ1v) is 8.24. The predicted octanol–water partition coefficient (Wildman–Crippen LogP) is 3.48. The Morgan fingerprint density at radius 2 is 1.96 bits per heavy atom. The third-order valence-electron chi connectivity index (χ3n) is 4.21. The lowest BCUT2D eigenvalue weighted by Crippen LogP contribution is -2.46. The van der Waals surface area contributed by atoms with Gasteiger partial charge in [-0.2, -0.15) is 0 Å². The van der Waals surface area contributed by atoms with Crippen LogP contribution < -0.4 is 5.32 Å². The Bertz CT molecular complexity index is 805. The lowest BCUT2D eigenvalue weighted by Gasteiger charge is -2.27. The van der Waals surface area contributed by atoms with Crippen molar-refractivity contribution in [3.63, 3.8) is 0 Å². The first-order chi connectivity index (χ1) is 11.2. The Hall–Kier alpha value is -1.99. The number of ether oxygens (including phenoxy) is 1. The van der Waals surface area contributed by atoms with Crippen molar-refractivity contribution < 1.29 is 13.9 Å². The van der Waals surface area contributed by atoms with E-state index in [9.17, 15) is 4.79 Å². The predicted molar refractivity (Wildman–Crippen MR) is 92.2 cm³/mol. The maximum atomic E-state index is 12.5. The molecule has 0 bridgehead atoms. The molecule has 0 aliphatic carbocycles. The molecule has 0 radical (unpaired) electrons. The van der Waals surface area contributed by atoms with E-state index < -0.39 is 5.60 Å². The van der Waals surface area contributed by atoms with E-state index in [-0.39, 0.29) is 22.4 Å². The van der Waals surface area contributed by atoms with E-state index in [0.29, 0.717) is 11.5 Å². The number of carbonyl (C=O) groups is 1. The van der Waals surface area contributed by atoms with Gasteiger partial charge in [0.1, 0.15) is 0 Å². The maximum absolute atomic E-state index is 12.5. The highest BCUT2D eigenvalue weighted by Crippen LogP contribution is 2.37. The molecule has 7 heteroatoms. The van der Waals surface area contributed by atoms with Crippen molar-refractivity contribution in [2.24, 2.45) is 0 Å². The summed E-state index contributed by atoms with van der Waals surface area (Å²) < 4.78 is 11.3. The number of H-pyrrole nitrogens is 1. The fourth-order valence-electron chi connectivity index (χ4n) is 3.15. The molecular formula is C17H21N3O3S. The summed E-state index contributed by atoms with van der Waals surface area (Å²) in [4.78, 5) is 12.7. The number of rotatable bonds is 3. The van der Waals surface area contributed by atoms with E-state index in [1.54, 1.807) is 24.3 Å². The van der Waals surface area contributed by atoms with Crippen LogP contribution in [0.15, 0.2) is 28.7 Å². The van der Waals surface area contributed by atoms with Crippen molar-refractivity contribution >= 4 is 18.1 Å². The molecule has 1 aromatic heterocycles. The molecule has 6 nitrogen and oxygen atoms in total. The van der Waals surface area contributed by atoms with Crippen molar-refractivity contribution in [2.75, 3.05) is 0 Å². The molecule has 1 aliphatic heterocycles. The van der Waals surface area contributed by atoms with E-state index >= 15 is 0 Å². The summed E-state index contributed by atoms with van der Waals surface area (Å²) in [5.41, 5.74) is 0.694. The highest BCUT2D eigenvalue weighted by atomic mass is 32.1. The van der Waals surface area contributed by atoms with E-state index in [0.717, 1.165) is 12.0 Å². The van der Waals surface area contributed by atoms with Gasteiger partial charge in [-0.25, -0.2) is 5.10 Å². The Morgan fingerprint density at radius 1 is 1.29 bits per heavy atom. The van der Waals surface area contributed by atoms with Crippen LogP contribution in [-0.2, 0) is 4.74 Å². The second-order valence-electron chi connectivity index (χ2n) is 7.19. The first kappa shape index (κ1) is 16.9. The number of aromatic nitrogens is 2. The second kappa shape index (κ2) is 5.82. The minimum atomic E-state index is -0.396. The van der Waals surface area contributed by atoms with Gasteiger partial charge >= 0.3 is 0 Å². The van der Waals surface area contributed by atoms with Gasteiger partial charge in [0.25, 0.3) is 10.7 Å². The molecule has 2 heterocycles. The van der Waals surface area contributed by atoms with Crippen molar-refractivity contribution in [1.82, 2.24) is 15.5 Å². The fraction of sp³-hybridized carbons (Fsp3) is 0.471. The average molecular weight is 347 g/mol. The molecule has 2 aromatic rings. The summed E-state index contributed by atoms with van der Waals surface area (Å²) in [7, 11) is 0. The highest BCUT2D eigenvalue weighted by molar-refractivity contribution is 7.71. The fourth-order valence-corrected chi connectivity index (χ4v) is 3.27. The van der Waals surface area contributed by atoms with Gasteiger partial charge in [0.2, 0.25) is 5.89 Å². The van der Waals surface area contributed by atoms with Gasteiger partial charge in [-0.05, 0) is 70.6 Å². The molecule has 1 saturated heterocycles. The van der Waals surface area contributed by atoms with E-state index in [1.165, 1.54) is 0 Å². The van der Waals surface area contributed by atoms with Gasteiger partial charge in [0.15, 0.2) is 0 Å². The minimum Gasteiger partial charge on any atom is -0.409 e. The molecular weight excluding hydrogens is 326 g/mol. The summed E-state index contributed by atoms with van der Waals surface area (Å²) in [6.07, 6.45) is 0.775. The number of hydrogen-bond acceptors (Lipinski definition) is 5. The van der Waals surface area contributed by atoms with Gasteiger partial charge in [0.05, 0.1) is 17.2 Å². The van der Waals surface area contributed by atoms with Crippen LogP contribution in [-0.4, -0.2) is 33.3 Å². The third-order valence-corrected chi connectivity index (χ3v) is 4.39. The number of nitrogens with zero attached hydrogens (tertiary/aromatic N) is 1. The SMILES string of the molecule is CC1(C)C[C@@H](NC(=O)c2ccc(-c3n[nH]c(=S)o3)cc2)C(C)(C)O1. The van der Waals surface area contributed by atoms with Gasteiger partial charge in [0, 0.05) is 11.1 Å². The number of hydrogen-bond donors (Lipinski definition) is 2. The molecule has 128 valence electrons. The molecule has 1 aliphatic rings. The molecule has 1 amide bonds. The minimum absolute atomic E-state index is 0.0382. The topological polar surface area (TPSA) is 80.2 Å². The summed E-state index contributed by atoms with van der Waals surface area (Å²) in [6.45, 7) is 8.08. The lowest BCUT2D eigenvalue weighted by atomic mass is 9.94. The van der Waals surface area contributed by atoms with Crippen LogP contribution in [0.5, 0.6) is 0 Å². The van der Waals surface area contributed by atoms with Crippen molar-refractivity contribution in [3.8, 4) is 11.5 Å². The van der Waals surface area contributed by atoms with Crippen LogP contribution in [0.25, 0.3) is 11.5 Å². The highest BCUT2D eigenvalue weighted by Gasteiger charge is 2.46. The standard InChI is InChI=1S/C17H21N3O3S/c1-16(2)9-12(17(3,4)23-16)18-13(21)10-5-7-11(8-6-10)14-19-20-15(24)22-14/h5-8,12H,9H2,1-4H3,(H,18,21)(H,20,24)/t12-/m1/s1. The third kappa shape index (κ3) is 3.42. The van der Waals surface area contributed by atoms with E-state index in [1.807, 2.05) is 27.7 Å². The smallest absolute Gasteiger partial charge is 0.284 e. The molecule has 1 fully saturated rings. The number of amides is 1. The summed E-state index contributed by atoms with van der Waals surface area (Å²) in [6, 6.07) is 7.01. The Balaban J connectivity index is 1.73. The summed E-state index contributed by atoms with van der Waals surface area (Å²) >= 11 is 4.86. The normalized spacial score (nSPS) is 21.6. The average Bonchev–Trinajstić information content (AvgIpc) is 2.99. The molecule has 24 heavy (non-hydrogen) atoms. The van der Waals surface area contributed by atoms with Gasteiger partial charge in [-0.15, -0.1) is 5.10 Å². The van der Waals surface area contributed by atoms with E-state index in [2.05, 4.69) is 15.5 Å². The van der Waals surface area contributed by atoms with Crippen LogP contribution >= 0.6 is 12.2 Å². The molecule has 2 N–H and O–H groups in total. The Labute approximate surface area is 145 Å². The van der Waals surface area contributed by atoms with Gasteiger partial charge in [-0.3, -0.25) is 4.79 Å². The van der Waals surface area contributed by atoms with Crippen LogP contribution in [0.4, 0.5) is 0 Å². The first-order valence-electron chi connectivity index (χ1n) is 7.83. The van der Waals surface area contributed by atoms with Gasteiger partial charge < -0.3 is 14.5 Å². The zero-order chi connectivity index (χ0) is 17.5. The molecule has 0 unspecified atom stereocenters. The zero-order valence-corrected chi connectivity index (χ0v) is 15.0. The van der Waals surface area contributed by atoms with Crippen LogP contribution in [0.1, 0.15) is 44.5 Å². The van der Waals surface area contributed by atoms with Crippen LogP contribution in [0.2, 0.25) is 0 Å². The molecule has 1 aromatic carbocycles. The monoisotopic (exact) mass is 347 g/mol. The molecule has 0 saturated carbocycles. The number of carbonyl (C=O) groups excluding carboxylic acids is 1. The maximum Gasteiger partial charge on any atom is 0.284 e. The van der Waals surface area contributed by atoms with E-state index in [4.69, 9.17) is 21.4 Å². The lowest BCUT2D eigenvalue weighted by molar-refractivity contribution is -0.0693. The quantitative estimate of drug-likeness (QED) is 0.831. The Morgan fingerprint density at radius 3 is 2.46 bits per heavy atom. The number of nitrogens with one attached hydrogen (secondary N) is 2. The second-order valence-corrected chi connectivity index (χ2v) is 7.56. The Kier molecular flexibility index (Phi) is 4.09. The van der Waals surface area contributed by atoms with Crippen molar-refractivity contribution in [2.45, 2.75) is 51.4 Å². The van der Waals surface area contributed by atoms with Crippen molar-refractivity contribution in [3.05, 3.63) is 34.7 Å². The van der Waals surface area contributed by atoms with Crippen LogP contribution in [0, 0.1) is 4.84 Å². The number of benzene rings is 1. The molecule has 3 rings (SSSR count). The largest absolute Gasteiger partial charge is 0.409 e. The van der Waals surface area contributed by atoms with Crippen molar-refractivity contribution in [1.29, 1.82) is 0 Å². The molecule has 1 atom stereocenters. The van der Waals surface area contributed by atoms with Gasteiger partial charge in [-0.1, -0.05) is 0 Å². The van der Waals surface area contributed by atoms with Crippen LogP contribution in [0.3, 0.4) is 0 Å². The zero-order valence-electron chi connectivity index (χ0n) is 14.2.